The topological polar surface area (TPSA) is 29.5 Å². The Labute approximate surface area is 63.2 Å². The van der Waals surface area contributed by atoms with Crippen LogP contribution in [0.5, 0.6) is 0 Å². The molecule has 2 heteroatoms. The van der Waals surface area contributed by atoms with Gasteiger partial charge in [-0.3, -0.25) is 0 Å². The Morgan fingerprint density at radius 3 is 2.00 bits per heavy atom. The predicted octanol–water partition coefficient (Wildman–Crippen LogP) is 1.43. The lowest BCUT2D eigenvalue weighted by atomic mass is 10.2. The van der Waals surface area contributed by atoms with Crippen molar-refractivity contribution in [3.8, 4) is 0 Å². The molecule has 0 aliphatic carbocycles. The fourth-order valence-corrected chi connectivity index (χ4v) is 0.483. The Balaban J connectivity index is 3.30. The van der Waals surface area contributed by atoms with Gasteiger partial charge < -0.3 is 9.84 Å². The summed E-state index contributed by atoms with van der Waals surface area (Å²) in [4.78, 5) is 0. The second kappa shape index (κ2) is 4.69. The van der Waals surface area contributed by atoms with Gasteiger partial charge in [-0.25, -0.2) is 0 Å². The maximum Gasteiger partial charge on any atom is 0.0803 e. The zero-order valence-electron chi connectivity index (χ0n) is 7.29. The molecule has 62 valence electrons. The van der Waals surface area contributed by atoms with E-state index in [0.29, 0.717) is 5.92 Å². The van der Waals surface area contributed by atoms with E-state index in [1.165, 1.54) is 0 Å². The van der Waals surface area contributed by atoms with Gasteiger partial charge in [-0.2, -0.15) is 0 Å². The molecular formula is C8H18O2. The lowest BCUT2D eigenvalue weighted by molar-refractivity contribution is -0.0278. The summed E-state index contributed by atoms with van der Waals surface area (Å²) in [5.41, 5.74) is 0. The summed E-state index contributed by atoms with van der Waals surface area (Å²) in [6.07, 6.45) is -0.402. The summed E-state index contributed by atoms with van der Waals surface area (Å²) < 4.78 is 5.31. The van der Waals surface area contributed by atoms with Crippen LogP contribution in [0, 0.1) is 5.92 Å². The van der Waals surface area contributed by atoms with Crippen molar-refractivity contribution in [2.24, 2.45) is 5.92 Å². The van der Waals surface area contributed by atoms with Crippen LogP contribution in [0.3, 0.4) is 0 Å². The quantitative estimate of drug-likeness (QED) is 0.650. The molecule has 0 fully saturated rings. The summed E-state index contributed by atoms with van der Waals surface area (Å²) in [7, 11) is 0. The standard InChI is InChI=1S/C8H18O2/c1-6(2)5-10-8(4)7(3)9/h6-9H,5H2,1-4H3/t7-,8?/m0/s1. The van der Waals surface area contributed by atoms with E-state index in [1.807, 2.05) is 6.92 Å². The molecule has 0 saturated carbocycles. The SMILES string of the molecule is CC(C)COC(C)[C@H](C)O. The molecular weight excluding hydrogens is 128 g/mol. The Bertz CT molecular complexity index is 79.3. The van der Waals surface area contributed by atoms with E-state index in [1.54, 1.807) is 6.92 Å². The number of ether oxygens (including phenoxy) is 1. The molecule has 0 amide bonds. The summed E-state index contributed by atoms with van der Waals surface area (Å²) in [5.74, 6) is 0.543. The van der Waals surface area contributed by atoms with Crippen LogP contribution >= 0.6 is 0 Å². The molecule has 0 heterocycles. The van der Waals surface area contributed by atoms with Gasteiger partial charge in [-0.05, 0) is 19.8 Å². The second-order valence-electron chi connectivity index (χ2n) is 3.17. The maximum absolute atomic E-state index is 9.01. The van der Waals surface area contributed by atoms with Crippen LogP contribution < -0.4 is 0 Å². The van der Waals surface area contributed by atoms with E-state index in [0.717, 1.165) is 6.61 Å². The highest BCUT2D eigenvalue weighted by Gasteiger charge is 2.08. The highest BCUT2D eigenvalue weighted by molar-refractivity contribution is 4.57. The van der Waals surface area contributed by atoms with Gasteiger partial charge >= 0.3 is 0 Å². The fourth-order valence-electron chi connectivity index (χ4n) is 0.483. The monoisotopic (exact) mass is 146 g/mol. The lowest BCUT2D eigenvalue weighted by Crippen LogP contribution is -2.24. The van der Waals surface area contributed by atoms with Gasteiger partial charge in [0.05, 0.1) is 12.2 Å². The van der Waals surface area contributed by atoms with Crippen molar-refractivity contribution < 1.29 is 9.84 Å². The van der Waals surface area contributed by atoms with E-state index in [-0.39, 0.29) is 12.2 Å². The highest BCUT2D eigenvalue weighted by Crippen LogP contribution is 2.01. The van der Waals surface area contributed by atoms with Crippen LogP contribution in [0.25, 0.3) is 0 Å². The van der Waals surface area contributed by atoms with E-state index < -0.39 is 0 Å². The third kappa shape index (κ3) is 4.77. The van der Waals surface area contributed by atoms with Gasteiger partial charge in [0.25, 0.3) is 0 Å². The first-order chi connectivity index (χ1) is 4.54. The molecule has 0 saturated heterocycles. The molecule has 2 nitrogen and oxygen atoms in total. The number of hydrogen-bond acceptors (Lipinski definition) is 2. The predicted molar refractivity (Wildman–Crippen MR) is 41.9 cm³/mol. The average molecular weight is 146 g/mol. The minimum Gasteiger partial charge on any atom is -0.391 e. The summed E-state index contributed by atoms with van der Waals surface area (Å²) in [6, 6.07) is 0. The van der Waals surface area contributed by atoms with Crippen LogP contribution in [0.1, 0.15) is 27.7 Å². The first kappa shape index (κ1) is 9.92. The molecule has 1 N–H and O–H groups in total. The van der Waals surface area contributed by atoms with Gasteiger partial charge in [-0.1, -0.05) is 13.8 Å². The van der Waals surface area contributed by atoms with Gasteiger partial charge in [0.2, 0.25) is 0 Å². The first-order valence-electron chi connectivity index (χ1n) is 3.83. The van der Waals surface area contributed by atoms with Crippen LogP contribution in [-0.2, 0) is 4.74 Å². The van der Waals surface area contributed by atoms with Crippen molar-refractivity contribution in [1.82, 2.24) is 0 Å². The molecule has 0 aromatic rings. The van der Waals surface area contributed by atoms with E-state index >= 15 is 0 Å². The first-order valence-corrected chi connectivity index (χ1v) is 3.83. The van der Waals surface area contributed by atoms with Crippen molar-refractivity contribution >= 4 is 0 Å². The van der Waals surface area contributed by atoms with Crippen molar-refractivity contribution in [3.05, 3.63) is 0 Å². The minimum atomic E-state index is -0.362. The van der Waals surface area contributed by atoms with Crippen molar-refractivity contribution in [3.63, 3.8) is 0 Å². The van der Waals surface area contributed by atoms with Crippen LogP contribution in [-0.4, -0.2) is 23.9 Å². The van der Waals surface area contributed by atoms with E-state index in [9.17, 15) is 0 Å². The molecule has 0 radical (unpaired) electrons. The largest absolute Gasteiger partial charge is 0.391 e. The molecule has 0 spiro atoms. The normalized spacial score (nSPS) is 17.4. The Morgan fingerprint density at radius 2 is 1.70 bits per heavy atom. The van der Waals surface area contributed by atoms with Crippen molar-refractivity contribution in [2.45, 2.75) is 39.9 Å². The Morgan fingerprint density at radius 1 is 1.20 bits per heavy atom. The summed E-state index contributed by atoms with van der Waals surface area (Å²) in [6.45, 7) is 8.54. The molecule has 0 rings (SSSR count). The zero-order valence-corrected chi connectivity index (χ0v) is 7.29. The van der Waals surface area contributed by atoms with Gasteiger partial charge in [0.1, 0.15) is 0 Å². The number of aliphatic hydroxyl groups is 1. The molecule has 0 bridgehead atoms. The number of hydrogen-bond donors (Lipinski definition) is 1. The molecule has 0 aromatic heterocycles. The second-order valence-corrected chi connectivity index (χ2v) is 3.17. The van der Waals surface area contributed by atoms with Crippen LogP contribution in [0.15, 0.2) is 0 Å². The molecule has 0 aromatic carbocycles. The number of rotatable bonds is 4. The maximum atomic E-state index is 9.01. The van der Waals surface area contributed by atoms with Gasteiger partial charge in [0, 0.05) is 6.61 Å². The van der Waals surface area contributed by atoms with Crippen molar-refractivity contribution in [2.75, 3.05) is 6.61 Å². The Hall–Kier alpha value is -0.0800. The van der Waals surface area contributed by atoms with E-state index in [4.69, 9.17) is 9.84 Å². The average Bonchev–Trinajstić information content (AvgIpc) is 1.82. The molecule has 0 aliphatic heterocycles. The van der Waals surface area contributed by atoms with Crippen LogP contribution in [0.4, 0.5) is 0 Å². The minimum absolute atomic E-state index is 0.0394. The summed E-state index contributed by atoms with van der Waals surface area (Å²) in [5, 5.41) is 9.01. The van der Waals surface area contributed by atoms with Gasteiger partial charge in [0.15, 0.2) is 0 Å². The lowest BCUT2D eigenvalue weighted by Gasteiger charge is -2.16. The third-order valence-electron chi connectivity index (χ3n) is 1.37. The molecule has 10 heavy (non-hydrogen) atoms. The third-order valence-corrected chi connectivity index (χ3v) is 1.37. The molecule has 1 unspecified atom stereocenters. The molecule has 0 aliphatic rings. The van der Waals surface area contributed by atoms with E-state index in [2.05, 4.69) is 13.8 Å². The van der Waals surface area contributed by atoms with Crippen LogP contribution in [0.2, 0.25) is 0 Å². The fraction of sp³-hybridized carbons (Fsp3) is 1.00. The zero-order chi connectivity index (χ0) is 8.15. The number of aliphatic hydroxyl groups excluding tert-OH is 1. The summed E-state index contributed by atoms with van der Waals surface area (Å²) >= 11 is 0. The van der Waals surface area contributed by atoms with Gasteiger partial charge in [-0.15, -0.1) is 0 Å². The molecule has 2 atom stereocenters. The van der Waals surface area contributed by atoms with Crippen molar-refractivity contribution in [1.29, 1.82) is 0 Å². The Kier molecular flexibility index (Phi) is 4.65. The smallest absolute Gasteiger partial charge is 0.0803 e. The highest BCUT2D eigenvalue weighted by atomic mass is 16.5.